The zero-order chi connectivity index (χ0) is 33.9. The highest BCUT2D eigenvalue weighted by molar-refractivity contribution is 8.00. The number of hydrogen-bond donors (Lipinski definition) is 2. The number of amides is 2. The molecule has 6 rings (SSSR count). The highest BCUT2D eigenvalue weighted by atomic mass is 32.2. The summed E-state index contributed by atoms with van der Waals surface area (Å²) < 4.78 is 11.7. The number of hydrogen-bond acceptors (Lipinski definition) is 13. The molecule has 15 heteroatoms. The van der Waals surface area contributed by atoms with Crippen LogP contribution >= 0.6 is 23.1 Å². The second-order valence-electron chi connectivity index (χ2n) is 10.7. The third kappa shape index (κ3) is 5.97. The van der Waals surface area contributed by atoms with Crippen LogP contribution in [0.2, 0.25) is 0 Å². The number of ether oxygens (including phenoxy) is 2. The Morgan fingerprint density at radius 3 is 2.31 bits per heavy atom. The maximum Gasteiger partial charge on any atom is 0.356 e. The van der Waals surface area contributed by atoms with Crippen LogP contribution in [0.1, 0.15) is 41.8 Å². The van der Waals surface area contributed by atoms with E-state index in [9.17, 15) is 24.0 Å². The third-order valence-corrected chi connectivity index (χ3v) is 9.61. The minimum absolute atomic E-state index is 0.0432. The molecule has 1 aromatic heterocycles. The summed E-state index contributed by atoms with van der Waals surface area (Å²) in [7, 11) is 1.26. The van der Waals surface area contributed by atoms with Gasteiger partial charge in [0.1, 0.15) is 29.9 Å². The van der Waals surface area contributed by atoms with E-state index in [1.54, 1.807) is 0 Å². The van der Waals surface area contributed by atoms with Crippen LogP contribution in [0.4, 0.5) is 5.13 Å². The van der Waals surface area contributed by atoms with Crippen molar-refractivity contribution in [1.29, 1.82) is 0 Å². The number of thioether (sulfide) groups is 1. The number of thiazole rings is 1. The molecule has 3 N–H and O–H groups in total. The van der Waals surface area contributed by atoms with Crippen LogP contribution in [0.25, 0.3) is 5.57 Å². The van der Waals surface area contributed by atoms with Crippen molar-refractivity contribution in [1.82, 2.24) is 15.2 Å². The maximum absolute atomic E-state index is 14.3. The molecule has 246 valence electrons. The molecule has 0 bridgehead atoms. The van der Waals surface area contributed by atoms with E-state index in [0.717, 1.165) is 11.3 Å². The van der Waals surface area contributed by atoms with Crippen LogP contribution in [-0.4, -0.2) is 64.3 Å². The molecule has 2 aliphatic rings. The second kappa shape index (κ2) is 13.8. The number of carbonyl (C=O) groups excluding carboxylic acids is 3. The first-order valence-electron chi connectivity index (χ1n) is 14.8. The van der Waals surface area contributed by atoms with E-state index in [2.05, 4.69) is 15.5 Å². The van der Waals surface area contributed by atoms with Gasteiger partial charge in [0.25, 0.3) is 17.2 Å². The fourth-order valence-electron chi connectivity index (χ4n) is 5.44. The lowest BCUT2D eigenvalue weighted by molar-refractivity contribution is -0.154. The van der Waals surface area contributed by atoms with Gasteiger partial charge in [-0.2, -0.15) is 0 Å². The molecule has 2 aliphatic heterocycles. The number of carbonyl (C=O) groups is 3. The average Bonchev–Trinajstić information content (AvgIpc) is 3.55. The topological polar surface area (TPSA) is 180 Å². The quantitative estimate of drug-likeness (QED) is 0.0735. The molecule has 0 radical (unpaired) electrons. The minimum atomic E-state index is -1.08. The molecule has 48 heavy (non-hydrogen) atoms. The van der Waals surface area contributed by atoms with Crippen molar-refractivity contribution in [3.8, 4) is 5.75 Å². The monoisotopic (exact) mass is 687 g/mol. The molecule has 3 heterocycles. The van der Waals surface area contributed by atoms with Crippen molar-refractivity contribution >= 4 is 57.3 Å². The van der Waals surface area contributed by atoms with E-state index in [0.29, 0.717) is 17.5 Å². The smallest absolute Gasteiger partial charge is 0.356 e. The van der Waals surface area contributed by atoms with Crippen molar-refractivity contribution in [2.24, 2.45) is 5.16 Å². The van der Waals surface area contributed by atoms with Crippen molar-refractivity contribution in [2.45, 2.75) is 30.9 Å². The fourth-order valence-corrected chi connectivity index (χ4v) is 7.34. The highest BCUT2D eigenvalue weighted by Crippen LogP contribution is 2.45. The summed E-state index contributed by atoms with van der Waals surface area (Å²) in [5.41, 5.74) is 5.33. The Morgan fingerprint density at radius 2 is 1.73 bits per heavy atom. The van der Waals surface area contributed by atoms with E-state index in [4.69, 9.17) is 20.0 Å². The number of nitrogens with zero attached hydrogens (tertiary/aromatic N) is 3. The molecule has 0 aliphatic carbocycles. The summed E-state index contributed by atoms with van der Waals surface area (Å²) in [6, 6.07) is 17.1. The molecule has 4 aromatic rings. The number of anilines is 1. The summed E-state index contributed by atoms with van der Waals surface area (Å²) in [4.78, 5) is 77.0. The second-order valence-corrected chi connectivity index (χ2v) is 12.7. The van der Waals surface area contributed by atoms with Gasteiger partial charge in [-0.1, -0.05) is 72.7 Å². The normalized spacial score (nSPS) is 17.6. The number of fused-ring (bicyclic) bond motifs is 1. The summed E-state index contributed by atoms with van der Waals surface area (Å²) in [6.07, 6.45) is -0.289. The first kappa shape index (κ1) is 32.7. The van der Waals surface area contributed by atoms with Gasteiger partial charge in [0.05, 0.1) is 12.2 Å². The number of benzene rings is 2. The van der Waals surface area contributed by atoms with Gasteiger partial charge in [0, 0.05) is 16.7 Å². The van der Waals surface area contributed by atoms with E-state index in [-0.39, 0.29) is 51.5 Å². The van der Waals surface area contributed by atoms with Crippen LogP contribution in [0.5, 0.6) is 5.75 Å². The molecule has 2 amide bonds. The Labute approximate surface area is 282 Å². The van der Waals surface area contributed by atoms with Gasteiger partial charge >= 0.3 is 5.97 Å². The Kier molecular flexibility index (Phi) is 9.41. The summed E-state index contributed by atoms with van der Waals surface area (Å²) in [6.45, 7) is 2.03. The molecule has 1 fully saturated rings. The minimum Gasteiger partial charge on any atom is -0.489 e. The van der Waals surface area contributed by atoms with Gasteiger partial charge in [0.15, 0.2) is 22.7 Å². The van der Waals surface area contributed by atoms with Gasteiger partial charge < -0.3 is 25.4 Å². The number of aromatic nitrogens is 1. The number of rotatable bonds is 12. The Bertz CT molecular complexity index is 1960. The molecule has 2 atom stereocenters. The van der Waals surface area contributed by atoms with Crippen molar-refractivity contribution < 1.29 is 28.7 Å². The van der Waals surface area contributed by atoms with Crippen LogP contribution in [0.3, 0.4) is 0 Å². The van der Waals surface area contributed by atoms with Crippen molar-refractivity contribution in [3.63, 3.8) is 0 Å². The van der Waals surface area contributed by atoms with Crippen molar-refractivity contribution in [2.75, 3.05) is 25.2 Å². The summed E-state index contributed by atoms with van der Waals surface area (Å²) >= 11 is 2.31. The van der Waals surface area contributed by atoms with Crippen LogP contribution < -0.4 is 26.6 Å². The van der Waals surface area contributed by atoms with Crippen LogP contribution in [0, 0.1) is 0 Å². The first-order chi connectivity index (χ1) is 23.2. The SMILES string of the molecule is CCCOc1c(C2=C(C(=O)OC(c3ccccc3)c3ccccc3)N3C(=O)C(NC(=O)/C(=N\OC)c4csc(N)n4)C3SC2)c(=O)c1=O. The van der Waals surface area contributed by atoms with E-state index < -0.39 is 46.2 Å². The fraction of sp³-hybridized carbons (Fsp3) is 0.242. The number of nitrogens with one attached hydrogen (secondary N) is 1. The number of β-lactam (4-membered cyclic amide) rings is 1. The number of nitrogens with two attached hydrogens (primary N) is 1. The lowest BCUT2D eigenvalue weighted by atomic mass is 9.95. The zero-order valence-corrected chi connectivity index (χ0v) is 27.3. The molecule has 3 aromatic carbocycles. The average molecular weight is 688 g/mol. The predicted molar refractivity (Wildman–Crippen MR) is 180 cm³/mol. The Balaban J connectivity index is 1.37. The zero-order valence-electron chi connectivity index (χ0n) is 25.7. The van der Waals surface area contributed by atoms with Gasteiger partial charge in [-0.15, -0.1) is 23.1 Å². The third-order valence-electron chi connectivity index (χ3n) is 7.66. The maximum atomic E-state index is 14.3. The Hall–Kier alpha value is -5.28. The number of esters is 1. The standard InChI is InChI=1S/C33H29N5O8S2/c1-3-14-45-28-21(25(39)26(28)40)19-15-47-31-23(36-29(41)22(37-44-2)20-16-48-33(34)35-20)30(42)38(31)24(19)32(43)46-27(17-10-6-4-7-11-17)18-12-8-5-9-13-18/h4-13,16,23,27,31H,3,14-15H2,1-2H3,(H2,34,35)(H,36,41)/b37-22-. The van der Waals surface area contributed by atoms with E-state index in [1.165, 1.54) is 29.2 Å². The van der Waals surface area contributed by atoms with Crippen LogP contribution in [-0.2, 0) is 24.0 Å². The van der Waals surface area contributed by atoms with E-state index >= 15 is 0 Å². The molecule has 13 nitrogen and oxygen atoms in total. The van der Waals surface area contributed by atoms with E-state index in [1.807, 2.05) is 67.6 Å². The molecular weight excluding hydrogens is 659 g/mol. The van der Waals surface area contributed by atoms with Gasteiger partial charge in [-0.3, -0.25) is 24.1 Å². The molecule has 2 unspecified atom stereocenters. The van der Waals surface area contributed by atoms with Gasteiger partial charge in [-0.25, -0.2) is 9.78 Å². The summed E-state index contributed by atoms with van der Waals surface area (Å²) in [5.74, 6) is -2.37. The predicted octanol–water partition coefficient (Wildman–Crippen LogP) is 2.60. The molecular formula is C33H29N5O8S2. The number of nitrogen functional groups attached to an aromatic ring is 1. The van der Waals surface area contributed by atoms with Crippen molar-refractivity contribution in [3.05, 3.63) is 115 Å². The van der Waals surface area contributed by atoms with Gasteiger partial charge in [-0.05, 0) is 17.5 Å². The lowest BCUT2D eigenvalue weighted by Crippen LogP contribution is -2.71. The molecule has 0 saturated carbocycles. The first-order valence-corrected chi connectivity index (χ1v) is 16.8. The summed E-state index contributed by atoms with van der Waals surface area (Å²) in [5, 5.41) is 7.42. The van der Waals surface area contributed by atoms with Gasteiger partial charge in [0.2, 0.25) is 5.43 Å². The Morgan fingerprint density at radius 1 is 1.06 bits per heavy atom. The highest BCUT2D eigenvalue weighted by Gasteiger charge is 2.56. The molecule has 0 spiro atoms. The van der Waals surface area contributed by atoms with Crippen LogP contribution in [0.15, 0.2) is 86.5 Å². The largest absolute Gasteiger partial charge is 0.489 e. The number of oxime groups is 1. The molecule has 1 saturated heterocycles. The lowest BCUT2D eigenvalue weighted by Gasteiger charge is -2.49.